The summed E-state index contributed by atoms with van der Waals surface area (Å²) in [5.41, 5.74) is 1.53. The maximum atomic E-state index is 3.48. The van der Waals surface area contributed by atoms with Crippen molar-refractivity contribution in [2.45, 2.75) is 18.9 Å². The Morgan fingerprint density at radius 1 is 1.00 bits per heavy atom. The Labute approximate surface area is 145 Å². The molecule has 2 saturated heterocycles. The summed E-state index contributed by atoms with van der Waals surface area (Å²) in [6, 6.07) is 11.8. The van der Waals surface area contributed by atoms with Gasteiger partial charge in [-0.15, -0.1) is 24.8 Å². The number of hydrogen-bond acceptors (Lipinski definition) is 3. The molecule has 0 amide bonds. The van der Waals surface area contributed by atoms with E-state index in [4.69, 9.17) is 0 Å². The van der Waals surface area contributed by atoms with E-state index in [9.17, 15) is 0 Å². The van der Waals surface area contributed by atoms with Gasteiger partial charge in [0.05, 0.1) is 0 Å². The maximum absolute atomic E-state index is 3.48. The molecule has 5 heteroatoms. The number of rotatable bonds is 3. The van der Waals surface area contributed by atoms with E-state index < -0.39 is 0 Å². The summed E-state index contributed by atoms with van der Waals surface area (Å²) in [6.45, 7) is 4.68. The lowest BCUT2D eigenvalue weighted by Crippen LogP contribution is -2.47. The van der Waals surface area contributed by atoms with Crippen LogP contribution in [-0.4, -0.2) is 42.6 Å². The first kappa shape index (κ1) is 19.1. The highest BCUT2D eigenvalue weighted by Gasteiger charge is 2.30. The van der Waals surface area contributed by atoms with E-state index in [0.717, 1.165) is 19.0 Å². The van der Waals surface area contributed by atoms with Gasteiger partial charge < -0.3 is 5.32 Å². The topological polar surface area (TPSA) is 15.3 Å². The maximum Gasteiger partial charge on any atom is 0.0377 e. The molecule has 0 aliphatic carbocycles. The Morgan fingerprint density at radius 3 is 2.24 bits per heavy atom. The van der Waals surface area contributed by atoms with Crippen molar-refractivity contribution >= 4 is 36.6 Å². The monoisotopic (exact) mass is 348 g/mol. The van der Waals surface area contributed by atoms with Crippen molar-refractivity contribution in [1.29, 1.82) is 0 Å². The normalized spacial score (nSPS) is 21.9. The minimum Gasteiger partial charge on any atom is -0.314 e. The molecule has 0 bridgehead atoms. The summed E-state index contributed by atoms with van der Waals surface area (Å²) in [6.07, 6.45) is 2.77. The van der Waals surface area contributed by atoms with Gasteiger partial charge in [0.25, 0.3) is 0 Å². The molecule has 1 unspecified atom stereocenters. The molecule has 21 heavy (non-hydrogen) atoms. The summed E-state index contributed by atoms with van der Waals surface area (Å²) in [5, 5.41) is 3.48. The highest BCUT2D eigenvalue weighted by Crippen LogP contribution is 2.37. The lowest BCUT2D eigenvalue weighted by Gasteiger charge is -2.41. The predicted molar refractivity (Wildman–Crippen MR) is 98.2 cm³/mol. The molecular weight excluding hydrogens is 323 g/mol. The van der Waals surface area contributed by atoms with Crippen molar-refractivity contribution in [3.8, 4) is 0 Å². The van der Waals surface area contributed by atoms with Crippen LogP contribution >= 0.6 is 36.6 Å². The Kier molecular flexibility index (Phi) is 9.07. The second kappa shape index (κ2) is 9.96. The van der Waals surface area contributed by atoms with Crippen LogP contribution in [0.25, 0.3) is 0 Å². The number of halogens is 2. The second-order valence-corrected chi connectivity index (χ2v) is 6.82. The highest BCUT2D eigenvalue weighted by molar-refractivity contribution is 7.99. The smallest absolute Gasteiger partial charge is 0.0377 e. The number of benzene rings is 1. The molecular formula is C16H26Cl2N2S. The first-order valence-corrected chi connectivity index (χ1v) is 8.68. The van der Waals surface area contributed by atoms with Crippen LogP contribution in [0.1, 0.15) is 24.4 Å². The van der Waals surface area contributed by atoms with Crippen LogP contribution in [0.2, 0.25) is 0 Å². The SMILES string of the molecule is Cl.Cl.c1ccc(C(C2CCSCC2)N2CCNCC2)cc1. The van der Waals surface area contributed by atoms with Crippen LogP contribution < -0.4 is 5.32 Å². The molecule has 0 aromatic heterocycles. The molecule has 0 spiro atoms. The van der Waals surface area contributed by atoms with E-state index in [1.54, 1.807) is 0 Å². The van der Waals surface area contributed by atoms with Crippen LogP contribution in [0.4, 0.5) is 0 Å². The summed E-state index contributed by atoms with van der Waals surface area (Å²) in [5.74, 6) is 3.54. The van der Waals surface area contributed by atoms with Gasteiger partial charge in [0.15, 0.2) is 0 Å². The molecule has 1 N–H and O–H groups in total. The van der Waals surface area contributed by atoms with Gasteiger partial charge in [0, 0.05) is 32.2 Å². The first-order valence-electron chi connectivity index (χ1n) is 7.52. The number of hydrogen-bond donors (Lipinski definition) is 1. The second-order valence-electron chi connectivity index (χ2n) is 5.59. The fourth-order valence-electron chi connectivity index (χ4n) is 3.42. The predicted octanol–water partition coefficient (Wildman–Crippen LogP) is 3.62. The Morgan fingerprint density at radius 2 is 1.62 bits per heavy atom. The number of thioether (sulfide) groups is 1. The zero-order valence-electron chi connectivity index (χ0n) is 12.4. The van der Waals surface area contributed by atoms with Crippen LogP contribution in [-0.2, 0) is 0 Å². The molecule has 3 rings (SSSR count). The van der Waals surface area contributed by atoms with Crippen molar-refractivity contribution < 1.29 is 0 Å². The fraction of sp³-hybridized carbons (Fsp3) is 0.625. The minimum atomic E-state index is 0. The van der Waals surface area contributed by atoms with E-state index in [2.05, 4.69) is 52.3 Å². The standard InChI is InChI=1S/C16H24N2S.2ClH/c1-2-4-14(5-3-1)16(15-6-12-19-13-7-15)18-10-8-17-9-11-18;;/h1-5,15-17H,6-13H2;2*1H. The Bertz CT molecular complexity index is 361. The summed E-state index contributed by atoms with van der Waals surface area (Å²) in [4.78, 5) is 2.71. The van der Waals surface area contributed by atoms with E-state index in [1.165, 1.54) is 43.0 Å². The molecule has 2 aliphatic heterocycles. The zero-order valence-corrected chi connectivity index (χ0v) is 14.8. The van der Waals surface area contributed by atoms with Gasteiger partial charge >= 0.3 is 0 Å². The lowest BCUT2D eigenvalue weighted by molar-refractivity contribution is 0.119. The molecule has 1 aromatic rings. The van der Waals surface area contributed by atoms with Crippen LogP contribution in [0.5, 0.6) is 0 Å². The summed E-state index contributed by atoms with van der Waals surface area (Å²) < 4.78 is 0. The van der Waals surface area contributed by atoms with Crippen molar-refractivity contribution in [1.82, 2.24) is 10.2 Å². The van der Waals surface area contributed by atoms with E-state index >= 15 is 0 Å². The summed E-state index contributed by atoms with van der Waals surface area (Å²) >= 11 is 2.13. The van der Waals surface area contributed by atoms with Crippen LogP contribution in [0.15, 0.2) is 30.3 Å². The van der Waals surface area contributed by atoms with Gasteiger partial charge in [-0.1, -0.05) is 30.3 Å². The molecule has 2 nitrogen and oxygen atoms in total. The van der Waals surface area contributed by atoms with Gasteiger partial charge in [0.1, 0.15) is 0 Å². The van der Waals surface area contributed by atoms with Crippen molar-refractivity contribution in [2.75, 3.05) is 37.7 Å². The molecule has 0 saturated carbocycles. The quantitative estimate of drug-likeness (QED) is 0.897. The number of piperazine rings is 1. The first-order chi connectivity index (χ1) is 9.45. The van der Waals surface area contributed by atoms with Gasteiger partial charge in [-0.05, 0) is 35.8 Å². The Hall–Kier alpha value is 0.0700. The fourth-order valence-corrected chi connectivity index (χ4v) is 4.57. The largest absolute Gasteiger partial charge is 0.314 e. The third-order valence-electron chi connectivity index (χ3n) is 4.40. The number of nitrogens with zero attached hydrogens (tertiary/aromatic N) is 1. The molecule has 2 fully saturated rings. The minimum absolute atomic E-state index is 0. The Balaban J connectivity index is 0.00000110. The van der Waals surface area contributed by atoms with Gasteiger partial charge in [-0.25, -0.2) is 0 Å². The van der Waals surface area contributed by atoms with Crippen molar-refractivity contribution in [3.63, 3.8) is 0 Å². The molecule has 0 radical (unpaired) electrons. The third-order valence-corrected chi connectivity index (χ3v) is 5.45. The zero-order chi connectivity index (χ0) is 12.9. The van der Waals surface area contributed by atoms with Crippen molar-refractivity contribution in [3.05, 3.63) is 35.9 Å². The van der Waals surface area contributed by atoms with E-state index in [0.29, 0.717) is 6.04 Å². The van der Waals surface area contributed by atoms with Gasteiger partial charge in [0.2, 0.25) is 0 Å². The van der Waals surface area contributed by atoms with Gasteiger partial charge in [-0.2, -0.15) is 11.8 Å². The van der Waals surface area contributed by atoms with E-state index in [-0.39, 0.29) is 24.8 Å². The highest BCUT2D eigenvalue weighted by atomic mass is 35.5. The van der Waals surface area contributed by atoms with E-state index in [1.807, 2.05) is 0 Å². The van der Waals surface area contributed by atoms with Crippen molar-refractivity contribution in [2.24, 2.45) is 5.92 Å². The van der Waals surface area contributed by atoms with Crippen LogP contribution in [0.3, 0.4) is 0 Å². The molecule has 1 atom stereocenters. The third kappa shape index (κ3) is 5.04. The average Bonchev–Trinajstić information content (AvgIpc) is 2.51. The molecule has 1 aromatic carbocycles. The number of nitrogens with one attached hydrogen (secondary N) is 1. The summed E-state index contributed by atoms with van der Waals surface area (Å²) in [7, 11) is 0. The van der Waals surface area contributed by atoms with Crippen LogP contribution in [0, 0.1) is 5.92 Å². The molecule has 2 aliphatic rings. The molecule has 120 valence electrons. The lowest BCUT2D eigenvalue weighted by atomic mass is 9.87. The van der Waals surface area contributed by atoms with Gasteiger partial charge in [-0.3, -0.25) is 4.90 Å². The molecule has 2 heterocycles. The average molecular weight is 349 g/mol.